The van der Waals surface area contributed by atoms with E-state index >= 15 is 0 Å². The maximum Gasteiger partial charge on any atom is 0.158 e. The highest BCUT2D eigenvalue weighted by molar-refractivity contribution is 6.35. The molecule has 0 saturated carbocycles. The van der Waals surface area contributed by atoms with E-state index in [0.717, 1.165) is 0 Å². The number of hydrogen-bond acceptors (Lipinski definition) is 5. The summed E-state index contributed by atoms with van der Waals surface area (Å²) in [5.41, 5.74) is 3.06. The van der Waals surface area contributed by atoms with Crippen LogP contribution in [0.2, 0.25) is 10.0 Å². The Hall–Kier alpha value is -1.56. The average Bonchev–Trinajstić information content (AvgIpc) is 2.38. The molecule has 5 nitrogen and oxygen atoms in total. The summed E-state index contributed by atoms with van der Waals surface area (Å²) >= 11 is 11.8. The van der Waals surface area contributed by atoms with Crippen LogP contribution in [0.5, 0.6) is 5.75 Å². The van der Waals surface area contributed by atoms with E-state index in [4.69, 9.17) is 33.8 Å². The van der Waals surface area contributed by atoms with Gasteiger partial charge < -0.3 is 10.2 Å². The molecule has 1 heterocycles. The zero-order valence-electron chi connectivity index (χ0n) is 9.23. The van der Waals surface area contributed by atoms with Crippen LogP contribution in [0.3, 0.4) is 0 Å². The van der Waals surface area contributed by atoms with E-state index < -0.39 is 0 Å². The molecular weight excluding hydrogens is 275 g/mol. The second-order valence-electron chi connectivity index (χ2n) is 3.40. The number of nitrogens with zero attached hydrogens (tertiary/aromatic N) is 2. The van der Waals surface area contributed by atoms with Crippen molar-refractivity contribution in [1.29, 1.82) is 0 Å². The van der Waals surface area contributed by atoms with Crippen molar-refractivity contribution >= 4 is 29.0 Å². The summed E-state index contributed by atoms with van der Waals surface area (Å²) in [5.74, 6) is 6.22. The Balaban J connectivity index is 2.02. The number of ether oxygens (including phenoxy) is 1. The topological polar surface area (TPSA) is 73.1 Å². The maximum atomic E-state index is 5.97. The molecule has 0 spiro atoms. The van der Waals surface area contributed by atoms with E-state index in [1.807, 2.05) is 0 Å². The van der Waals surface area contributed by atoms with Gasteiger partial charge in [-0.05, 0) is 18.2 Å². The first kappa shape index (κ1) is 12.9. The molecule has 0 fully saturated rings. The predicted octanol–water partition coefficient (Wildman–Crippen LogP) is 2.65. The Morgan fingerprint density at radius 3 is 2.67 bits per heavy atom. The summed E-state index contributed by atoms with van der Waals surface area (Å²) in [5, 5.41) is 1.02. The van der Waals surface area contributed by atoms with Crippen molar-refractivity contribution in [2.24, 2.45) is 5.84 Å². The average molecular weight is 285 g/mol. The number of aromatic nitrogens is 2. The fraction of sp³-hybridized carbons (Fsp3) is 0.0909. The molecule has 1 aromatic heterocycles. The van der Waals surface area contributed by atoms with Crippen LogP contribution in [0, 0.1) is 0 Å². The second-order valence-corrected chi connectivity index (χ2v) is 4.24. The van der Waals surface area contributed by atoms with Gasteiger partial charge in [0.05, 0.1) is 23.1 Å². The normalized spacial score (nSPS) is 10.2. The van der Waals surface area contributed by atoms with Crippen LogP contribution in [0.4, 0.5) is 5.82 Å². The lowest BCUT2D eigenvalue weighted by Crippen LogP contribution is -2.09. The van der Waals surface area contributed by atoms with Crippen molar-refractivity contribution in [1.82, 2.24) is 9.97 Å². The molecule has 0 aliphatic carbocycles. The SMILES string of the molecule is NNc1cnc(COc2ccc(Cl)cc2Cl)cn1. The van der Waals surface area contributed by atoms with Gasteiger partial charge in [0.15, 0.2) is 5.82 Å². The molecule has 0 saturated heterocycles. The molecule has 2 rings (SSSR count). The number of rotatable bonds is 4. The molecule has 7 heteroatoms. The smallest absolute Gasteiger partial charge is 0.158 e. The van der Waals surface area contributed by atoms with Gasteiger partial charge in [-0.3, -0.25) is 4.98 Å². The molecule has 0 unspecified atom stereocenters. The monoisotopic (exact) mass is 284 g/mol. The van der Waals surface area contributed by atoms with Crippen LogP contribution in [0.25, 0.3) is 0 Å². The largest absolute Gasteiger partial charge is 0.486 e. The molecular formula is C11H10Cl2N4O. The van der Waals surface area contributed by atoms with Crippen LogP contribution in [-0.2, 0) is 6.61 Å². The minimum atomic E-state index is 0.263. The highest BCUT2D eigenvalue weighted by Crippen LogP contribution is 2.27. The van der Waals surface area contributed by atoms with Crippen LogP contribution in [-0.4, -0.2) is 9.97 Å². The Morgan fingerprint density at radius 1 is 1.22 bits per heavy atom. The predicted molar refractivity (Wildman–Crippen MR) is 70.6 cm³/mol. The van der Waals surface area contributed by atoms with Crippen molar-refractivity contribution in [2.45, 2.75) is 6.61 Å². The quantitative estimate of drug-likeness (QED) is 0.667. The highest BCUT2D eigenvalue weighted by atomic mass is 35.5. The fourth-order valence-corrected chi connectivity index (χ4v) is 1.71. The third kappa shape index (κ3) is 3.22. The lowest BCUT2D eigenvalue weighted by atomic mass is 10.3. The molecule has 94 valence electrons. The maximum absolute atomic E-state index is 5.97. The third-order valence-corrected chi connectivity index (χ3v) is 2.65. The van der Waals surface area contributed by atoms with Crippen molar-refractivity contribution in [2.75, 3.05) is 5.43 Å². The molecule has 2 aromatic rings. The summed E-state index contributed by atoms with van der Waals surface area (Å²) < 4.78 is 5.51. The number of anilines is 1. The highest BCUT2D eigenvalue weighted by Gasteiger charge is 2.03. The number of hydrazine groups is 1. The van der Waals surface area contributed by atoms with Crippen molar-refractivity contribution < 1.29 is 4.74 Å². The first-order valence-corrected chi connectivity index (χ1v) is 5.80. The van der Waals surface area contributed by atoms with Crippen LogP contribution in [0.15, 0.2) is 30.6 Å². The number of nitrogens with one attached hydrogen (secondary N) is 1. The number of halogens is 2. The number of hydrogen-bond donors (Lipinski definition) is 2. The minimum Gasteiger partial charge on any atom is -0.486 e. The van der Waals surface area contributed by atoms with Crippen molar-refractivity contribution in [3.8, 4) is 5.75 Å². The standard InChI is InChI=1S/C11H10Cl2N4O/c12-7-1-2-10(9(13)3-7)18-6-8-4-16-11(17-14)5-15-8/h1-5H,6,14H2,(H,16,17). The molecule has 0 aliphatic rings. The van der Waals surface area contributed by atoms with Gasteiger partial charge in [0.2, 0.25) is 0 Å². The van der Waals surface area contributed by atoms with Gasteiger partial charge in [-0.15, -0.1) is 0 Å². The Kier molecular flexibility index (Phi) is 4.19. The summed E-state index contributed by atoms with van der Waals surface area (Å²) in [7, 11) is 0. The zero-order valence-corrected chi connectivity index (χ0v) is 10.7. The lowest BCUT2D eigenvalue weighted by molar-refractivity contribution is 0.301. The van der Waals surface area contributed by atoms with Crippen molar-refractivity contribution in [3.63, 3.8) is 0 Å². The van der Waals surface area contributed by atoms with Gasteiger partial charge in [0.1, 0.15) is 12.4 Å². The molecule has 0 atom stereocenters. The number of benzene rings is 1. The summed E-state index contributed by atoms with van der Waals surface area (Å²) in [6.07, 6.45) is 3.08. The van der Waals surface area contributed by atoms with Gasteiger partial charge in [-0.25, -0.2) is 10.8 Å². The van der Waals surface area contributed by atoms with Crippen LogP contribution < -0.4 is 16.0 Å². The van der Waals surface area contributed by atoms with E-state index in [1.54, 1.807) is 24.4 Å². The lowest BCUT2D eigenvalue weighted by Gasteiger charge is -2.07. The molecule has 0 aliphatic heterocycles. The first-order valence-electron chi connectivity index (χ1n) is 5.04. The van der Waals surface area contributed by atoms with Gasteiger partial charge >= 0.3 is 0 Å². The van der Waals surface area contributed by atoms with E-state index in [1.165, 1.54) is 6.20 Å². The van der Waals surface area contributed by atoms with Crippen LogP contribution in [0.1, 0.15) is 5.69 Å². The van der Waals surface area contributed by atoms with Gasteiger partial charge in [0, 0.05) is 5.02 Å². The first-order chi connectivity index (χ1) is 8.69. The molecule has 18 heavy (non-hydrogen) atoms. The summed E-state index contributed by atoms with van der Waals surface area (Å²) in [6.45, 7) is 0.263. The van der Waals surface area contributed by atoms with E-state index in [0.29, 0.717) is 27.3 Å². The van der Waals surface area contributed by atoms with E-state index in [2.05, 4.69) is 15.4 Å². The van der Waals surface area contributed by atoms with Gasteiger partial charge in [-0.2, -0.15) is 0 Å². The fourth-order valence-electron chi connectivity index (χ4n) is 1.25. The summed E-state index contributed by atoms with van der Waals surface area (Å²) in [4.78, 5) is 8.13. The Morgan fingerprint density at radius 2 is 2.06 bits per heavy atom. The zero-order chi connectivity index (χ0) is 13.0. The van der Waals surface area contributed by atoms with Gasteiger partial charge in [0.25, 0.3) is 0 Å². The molecule has 1 aromatic carbocycles. The Labute approximate surface area is 114 Å². The van der Waals surface area contributed by atoms with Gasteiger partial charge in [-0.1, -0.05) is 23.2 Å². The second kappa shape index (κ2) is 5.86. The van der Waals surface area contributed by atoms with Crippen LogP contribution >= 0.6 is 23.2 Å². The molecule has 0 bridgehead atoms. The number of nitrogens with two attached hydrogens (primary N) is 1. The van der Waals surface area contributed by atoms with E-state index in [9.17, 15) is 0 Å². The summed E-state index contributed by atoms with van der Waals surface area (Å²) in [6, 6.07) is 5.02. The molecule has 0 amide bonds. The minimum absolute atomic E-state index is 0.263. The van der Waals surface area contributed by atoms with Crippen molar-refractivity contribution in [3.05, 3.63) is 46.3 Å². The molecule has 3 N–H and O–H groups in total. The molecule has 0 radical (unpaired) electrons. The third-order valence-electron chi connectivity index (χ3n) is 2.12. The Bertz CT molecular complexity index is 533. The van der Waals surface area contributed by atoms with E-state index in [-0.39, 0.29) is 6.61 Å². The number of nitrogen functional groups attached to an aromatic ring is 1.